The molecule has 23 heavy (non-hydrogen) atoms. The maximum Gasteiger partial charge on any atom is 0.155 e. The molecule has 0 spiro atoms. The molecule has 0 saturated heterocycles. The van der Waals surface area contributed by atoms with E-state index in [1.807, 2.05) is 44.2 Å². The zero-order chi connectivity index (χ0) is 17.3. The Morgan fingerprint density at radius 1 is 1.39 bits per heavy atom. The quantitative estimate of drug-likeness (QED) is 0.583. The summed E-state index contributed by atoms with van der Waals surface area (Å²) >= 11 is 5.93. The number of carbonyl (C=O) groups is 1. The van der Waals surface area contributed by atoms with Crippen molar-refractivity contribution in [2.24, 2.45) is 5.92 Å². The predicted molar refractivity (Wildman–Crippen MR) is 97.8 cm³/mol. The van der Waals surface area contributed by atoms with Gasteiger partial charge in [-0.3, -0.25) is 4.79 Å². The molecule has 0 radical (unpaired) electrons. The average molecular weight is 337 g/mol. The van der Waals surface area contributed by atoms with Gasteiger partial charge in [-0.05, 0) is 62.8 Å². The number of hydrogen-bond acceptors (Lipinski definition) is 2. The van der Waals surface area contributed by atoms with Crippen LogP contribution in [0.15, 0.2) is 36.4 Å². The summed E-state index contributed by atoms with van der Waals surface area (Å²) in [6.45, 7) is 5.87. The molecule has 1 rings (SSSR count). The highest BCUT2D eigenvalue weighted by atomic mass is 35.5. The Morgan fingerprint density at radius 3 is 2.78 bits per heavy atom. The van der Waals surface area contributed by atoms with Gasteiger partial charge in [-0.1, -0.05) is 49.6 Å². The summed E-state index contributed by atoms with van der Waals surface area (Å²) in [5, 5.41) is 10.4. The Kier molecular flexibility index (Phi) is 8.57. The number of hydrogen-bond donors (Lipinski definition) is 1. The van der Waals surface area contributed by atoms with E-state index in [9.17, 15) is 9.90 Å². The van der Waals surface area contributed by atoms with E-state index in [-0.39, 0.29) is 5.78 Å². The standard InChI is InChI=1S/C20H29ClO2/c1-16(8-6-14-20(2,3)23)7-4-11-19(22)13-12-17-9-5-10-18(21)15-17/h4-5,9-11,15-16,23H,6-8,12-14H2,1-3H3/t16-/m0/s1. The Hall–Kier alpha value is -1.12. The van der Waals surface area contributed by atoms with Crippen LogP contribution in [-0.4, -0.2) is 16.5 Å². The van der Waals surface area contributed by atoms with Gasteiger partial charge in [0.15, 0.2) is 5.78 Å². The van der Waals surface area contributed by atoms with E-state index in [0.29, 0.717) is 17.4 Å². The minimum atomic E-state index is -0.578. The molecule has 128 valence electrons. The molecule has 1 aromatic rings. The number of halogens is 1. The molecule has 1 atom stereocenters. The highest BCUT2D eigenvalue weighted by Gasteiger charge is 2.12. The van der Waals surface area contributed by atoms with Crippen molar-refractivity contribution in [2.75, 3.05) is 0 Å². The van der Waals surface area contributed by atoms with Gasteiger partial charge in [0.2, 0.25) is 0 Å². The smallest absolute Gasteiger partial charge is 0.155 e. The lowest BCUT2D eigenvalue weighted by molar-refractivity contribution is -0.114. The van der Waals surface area contributed by atoms with Gasteiger partial charge in [0.05, 0.1) is 5.60 Å². The monoisotopic (exact) mass is 336 g/mol. The zero-order valence-corrected chi connectivity index (χ0v) is 15.3. The second-order valence-electron chi connectivity index (χ2n) is 7.04. The average Bonchev–Trinajstić information content (AvgIpc) is 2.44. The molecular weight excluding hydrogens is 308 g/mol. The topological polar surface area (TPSA) is 37.3 Å². The van der Waals surface area contributed by atoms with Crippen molar-refractivity contribution in [2.45, 2.75) is 64.9 Å². The first-order valence-corrected chi connectivity index (χ1v) is 8.80. The third-order valence-electron chi connectivity index (χ3n) is 3.88. The number of benzene rings is 1. The molecule has 3 heteroatoms. The molecule has 0 bridgehead atoms. The molecule has 0 amide bonds. The van der Waals surface area contributed by atoms with Crippen molar-refractivity contribution in [3.8, 4) is 0 Å². The number of carbonyl (C=O) groups excluding carboxylic acids is 1. The van der Waals surface area contributed by atoms with Crippen molar-refractivity contribution < 1.29 is 9.90 Å². The van der Waals surface area contributed by atoms with Gasteiger partial charge >= 0.3 is 0 Å². The van der Waals surface area contributed by atoms with Gasteiger partial charge in [0, 0.05) is 11.4 Å². The number of rotatable bonds is 10. The van der Waals surface area contributed by atoms with Crippen LogP contribution in [0.1, 0.15) is 58.4 Å². The minimum Gasteiger partial charge on any atom is -0.390 e. The molecule has 0 unspecified atom stereocenters. The lowest BCUT2D eigenvalue weighted by Gasteiger charge is -2.17. The second kappa shape index (κ2) is 9.89. The molecule has 0 aliphatic carbocycles. The molecule has 0 aliphatic heterocycles. The van der Waals surface area contributed by atoms with Gasteiger partial charge in [0.25, 0.3) is 0 Å². The van der Waals surface area contributed by atoms with Crippen molar-refractivity contribution in [1.29, 1.82) is 0 Å². The summed E-state index contributed by atoms with van der Waals surface area (Å²) in [6, 6.07) is 7.65. The van der Waals surface area contributed by atoms with E-state index in [1.54, 1.807) is 6.08 Å². The van der Waals surface area contributed by atoms with Crippen LogP contribution in [0.5, 0.6) is 0 Å². The Balaban J connectivity index is 2.22. The van der Waals surface area contributed by atoms with E-state index >= 15 is 0 Å². The molecule has 0 aromatic heterocycles. The fraction of sp³-hybridized carbons (Fsp3) is 0.550. The lowest BCUT2D eigenvalue weighted by Crippen LogP contribution is -2.18. The highest BCUT2D eigenvalue weighted by molar-refractivity contribution is 6.30. The van der Waals surface area contributed by atoms with Gasteiger partial charge < -0.3 is 5.11 Å². The first kappa shape index (κ1) is 19.9. The number of ketones is 1. The molecule has 0 saturated carbocycles. The maximum absolute atomic E-state index is 11.9. The third kappa shape index (κ3) is 10.3. The third-order valence-corrected chi connectivity index (χ3v) is 4.11. The van der Waals surface area contributed by atoms with Crippen LogP contribution in [-0.2, 0) is 11.2 Å². The van der Waals surface area contributed by atoms with Crippen molar-refractivity contribution >= 4 is 17.4 Å². The summed E-state index contributed by atoms with van der Waals surface area (Å²) in [5.74, 6) is 0.697. The largest absolute Gasteiger partial charge is 0.390 e. The van der Waals surface area contributed by atoms with Crippen LogP contribution in [0.3, 0.4) is 0 Å². The Bertz CT molecular complexity index is 515. The molecular formula is C20H29ClO2. The summed E-state index contributed by atoms with van der Waals surface area (Å²) in [4.78, 5) is 11.9. The number of allylic oxidation sites excluding steroid dienone is 2. The highest BCUT2D eigenvalue weighted by Crippen LogP contribution is 2.18. The molecule has 0 aliphatic rings. The molecule has 1 aromatic carbocycles. The van der Waals surface area contributed by atoms with Crippen LogP contribution >= 0.6 is 11.6 Å². The van der Waals surface area contributed by atoms with Crippen molar-refractivity contribution in [1.82, 2.24) is 0 Å². The molecule has 0 heterocycles. The van der Waals surface area contributed by atoms with E-state index < -0.39 is 5.60 Å². The normalized spacial score (nSPS) is 13.4. The molecule has 2 nitrogen and oxygen atoms in total. The molecule has 0 fully saturated rings. The predicted octanol–water partition coefficient (Wildman–Crippen LogP) is 5.37. The van der Waals surface area contributed by atoms with Crippen LogP contribution in [0.2, 0.25) is 5.02 Å². The van der Waals surface area contributed by atoms with Crippen molar-refractivity contribution in [3.63, 3.8) is 0 Å². The maximum atomic E-state index is 11.9. The van der Waals surface area contributed by atoms with E-state index in [0.717, 1.165) is 37.7 Å². The first-order chi connectivity index (χ1) is 10.8. The van der Waals surface area contributed by atoms with Gasteiger partial charge in [-0.2, -0.15) is 0 Å². The summed E-state index contributed by atoms with van der Waals surface area (Å²) < 4.78 is 0. The van der Waals surface area contributed by atoms with Crippen LogP contribution < -0.4 is 0 Å². The Morgan fingerprint density at radius 2 is 2.13 bits per heavy atom. The van der Waals surface area contributed by atoms with Gasteiger partial charge in [-0.15, -0.1) is 0 Å². The minimum absolute atomic E-state index is 0.161. The van der Waals surface area contributed by atoms with Gasteiger partial charge in [0.1, 0.15) is 0 Å². The number of aryl methyl sites for hydroxylation is 1. The fourth-order valence-electron chi connectivity index (χ4n) is 2.48. The van der Waals surface area contributed by atoms with E-state index in [4.69, 9.17) is 11.6 Å². The number of aliphatic hydroxyl groups is 1. The zero-order valence-electron chi connectivity index (χ0n) is 14.5. The molecule has 1 N–H and O–H groups in total. The summed E-state index contributed by atoms with van der Waals surface area (Å²) in [5.41, 5.74) is 0.519. The van der Waals surface area contributed by atoms with Crippen LogP contribution in [0, 0.1) is 5.92 Å². The van der Waals surface area contributed by atoms with Gasteiger partial charge in [-0.25, -0.2) is 0 Å². The summed E-state index contributed by atoms with van der Waals surface area (Å²) in [7, 11) is 0. The van der Waals surface area contributed by atoms with E-state index in [2.05, 4.69) is 6.92 Å². The Labute approximate surface area is 145 Å². The van der Waals surface area contributed by atoms with E-state index in [1.165, 1.54) is 0 Å². The first-order valence-electron chi connectivity index (χ1n) is 8.42. The van der Waals surface area contributed by atoms with Crippen LogP contribution in [0.25, 0.3) is 0 Å². The fourth-order valence-corrected chi connectivity index (χ4v) is 2.69. The second-order valence-corrected chi connectivity index (χ2v) is 7.48. The van der Waals surface area contributed by atoms with Crippen molar-refractivity contribution in [3.05, 3.63) is 47.0 Å². The lowest BCUT2D eigenvalue weighted by atomic mass is 9.95. The SMILES string of the molecule is C[C@@H](CC=CC(=O)CCc1cccc(Cl)c1)CCCC(C)(C)O. The summed E-state index contributed by atoms with van der Waals surface area (Å²) in [6.07, 6.45) is 8.75. The van der Waals surface area contributed by atoms with Crippen LogP contribution in [0.4, 0.5) is 0 Å².